The van der Waals surface area contributed by atoms with E-state index in [2.05, 4.69) is 10.3 Å². The number of alkyl carbamates (subject to hydrolysis) is 1. The predicted octanol–water partition coefficient (Wildman–Crippen LogP) is 1.68. The Morgan fingerprint density at radius 3 is 2.45 bits per heavy atom. The Hall–Kier alpha value is -1.18. The van der Waals surface area contributed by atoms with Crippen LogP contribution in [0.1, 0.15) is 42.5 Å². The van der Waals surface area contributed by atoms with Gasteiger partial charge in [-0.1, -0.05) is 0 Å². The first-order valence-electron chi connectivity index (χ1n) is 6.37. The molecular formula is C13H22N2O4S. The van der Waals surface area contributed by atoms with Crippen molar-refractivity contribution in [3.05, 3.63) is 15.6 Å². The first kappa shape index (κ1) is 16.9. The number of carbonyl (C=O) groups excluding carboxylic acids is 1. The van der Waals surface area contributed by atoms with Crippen molar-refractivity contribution in [2.75, 3.05) is 6.54 Å². The van der Waals surface area contributed by atoms with Crippen molar-refractivity contribution in [2.24, 2.45) is 0 Å². The van der Waals surface area contributed by atoms with Gasteiger partial charge in [0.15, 0.2) is 0 Å². The van der Waals surface area contributed by atoms with E-state index < -0.39 is 23.9 Å². The molecule has 114 valence electrons. The van der Waals surface area contributed by atoms with Crippen LogP contribution in [0.2, 0.25) is 0 Å². The van der Waals surface area contributed by atoms with E-state index in [1.807, 2.05) is 6.92 Å². The van der Waals surface area contributed by atoms with Crippen LogP contribution in [0.25, 0.3) is 0 Å². The van der Waals surface area contributed by atoms with Gasteiger partial charge in [0.2, 0.25) is 0 Å². The summed E-state index contributed by atoms with van der Waals surface area (Å²) >= 11 is 1.33. The smallest absolute Gasteiger partial charge is 0.407 e. The molecule has 1 amide bonds. The topological polar surface area (TPSA) is 91.7 Å². The number of rotatable bonds is 4. The zero-order chi connectivity index (χ0) is 15.5. The number of aromatic nitrogens is 1. The van der Waals surface area contributed by atoms with Crippen LogP contribution in [0, 0.1) is 13.8 Å². The van der Waals surface area contributed by atoms with Crippen LogP contribution >= 0.6 is 11.3 Å². The van der Waals surface area contributed by atoms with Gasteiger partial charge in [0.25, 0.3) is 0 Å². The van der Waals surface area contributed by atoms with Gasteiger partial charge < -0.3 is 20.3 Å². The van der Waals surface area contributed by atoms with E-state index in [0.717, 1.165) is 5.01 Å². The van der Waals surface area contributed by atoms with Crippen molar-refractivity contribution >= 4 is 17.4 Å². The molecule has 2 atom stereocenters. The van der Waals surface area contributed by atoms with Gasteiger partial charge in [0.1, 0.15) is 17.8 Å². The number of carbonyl (C=O) groups is 1. The fourth-order valence-electron chi connectivity index (χ4n) is 1.61. The molecule has 0 aromatic carbocycles. The Labute approximate surface area is 122 Å². The minimum atomic E-state index is -1.11. The molecule has 0 saturated heterocycles. The summed E-state index contributed by atoms with van der Waals surface area (Å²) in [7, 11) is 0. The maximum absolute atomic E-state index is 11.5. The third kappa shape index (κ3) is 5.07. The Kier molecular flexibility index (Phi) is 5.50. The molecular weight excluding hydrogens is 280 g/mol. The Bertz CT molecular complexity index is 467. The molecule has 0 aliphatic carbocycles. The first-order valence-corrected chi connectivity index (χ1v) is 7.18. The summed E-state index contributed by atoms with van der Waals surface area (Å²) in [5, 5.41) is 23.2. The van der Waals surface area contributed by atoms with Gasteiger partial charge in [-0.3, -0.25) is 0 Å². The maximum atomic E-state index is 11.5. The standard InChI is InChI=1S/C13H22N2O4S/c1-7-11(20-8(2)15-7)10(17)9(16)6-14-12(18)19-13(3,4)5/h9-10,16-17H,6H2,1-5H3,(H,14,18). The quantitative estimate of drug-likeness (QED) is 0.787. The molecule has 20 heavy (non-hydrogen) atoms. The molecule has 0 bridgehead atoms. The summed E-state index contributed by atoms with van der Waals surface area (Å²) in [4.78, 5) is 16.3. The highest BCUT2D eigenvalue weighted by atomic mass is 32.1. The van der Waals surface area contributed by atoms with Crippen molar-refractivity contribution in [1.82, 2.24) is 10.3 Å². The zero-order valence-corrected chi connectivity index (χ0v) is 13.2. The van der Waals surface area contributed by atoms with Crippen LogP contribution in [0.5, 0.6) is 0 Å². The molecule has 0 radical (unpaired) electrons. The number of hydrogen-bond acceptors (Lipinski definition) is 6. The lowest BCUT2D eigenvalue weighted by Crippen LogP contribution is -2.38. The van der Waals surface area contributed by atoms with Gasteiger partial charge in [0, 0.05) is 6.54 Å². The van der Waals surface area contributed by atoms with Crippen molar-refractivity contribution < 1.29 is 19.7 Å². The molecule has 0 aliphatic rings. The van der Waals surface area contributed by atoms with E-state index in [4.69, 9.17) is 4.74 Å². The first-order chi connectivity index (χ1) is 9.10. The average Bonchev–Trinajstić information content (AvgIpc) is 2.62. The summed E-state index contributed by atoms with van der Waals surface area (Å²) in [6.45, 7) is 8.77. The molecule has 1 heterocycles. The van der Waals surface area contributed by atoms with Gasteiger partial charge in [-0.2, -0.15) is 0 Å². The molecule has 0 spiro atoms. The summed E-state index contributed by atoms with van der Waals surface area (Å²) in [6, 6.07) is 0. The lowest BCUT2D eigenvalue weighted by atomic mass is 10.1. The number of aliphatic hydroxyl groups is 2. The molecule has 7 heteroatoms. The SMILES string of the molecule is Cc1nc(C)c(C(O)C(O)CNC(=O)OC(C)(C)C)s1. The minimum absolute atomic E-state index is 0.0908. The van der Waals surface area contributed by atoms with E-state index >= 15 is 0 Å². The van der Waals surface area contributed by atoms with Crippen LogP contribution < -0.4 is 5.32 Å². The highest BCUT2D eigenvalue weighted by Crippen LogP contribution is 2.26. The molecule has 1 aromatic rings. The minimum Gasteiger partial charge on any atom is -0.444 e. The second-order valence-electron chi connectivity index (χ2n) is 5.58. The Balaban J connectivity index is 2.52. The number of amides is 1. The molecule has 2 unspecified atom stereocenters. The highest BCUT2D eigenvalue weighted by molar-refractivity contribution is 7.11. The van der Waals surface area contributed by atoms with E-state index in [0.29, 0.717) is 10.6 Å². The van der Waals surface area contributed by atoms with Gasteiger partial charge in [-0.25, -0.2) is 9.78 Å². The molecule has 1 aromatic heterocycles. The van der Waals surface area contributed by atoms with Crippen LogP contribution in [0.15, 0.2) is 0 Å². The fourth-order valence-corrected chi connectivity index (χ4v) is 2.58. The van der Waals surface area contributed by atoms with Crippen molar-refractivity contribution in [2.45, 2.75) is 52.4 Å². The molecule has 6 nitrogen and oxygen atoms in total. The van der Waals surface area contributed by atoms with Gasteiger partial charge in [-0.15, -0.1) is 11.3 Å². The van der Waals surface area contributed by atoms with Crippen molar-refractivity contribution in [1.29, 1.82) is 0 Å². The van der Waals surface area contributed by atoms with Crippen LogP contribution in [0.4, 0.5) is 4.79 Å². The number of ether oxygens (including phenoxy) is 1. The summed E-state index contributed by atoms with van der Waals surface area (Å²) < 4.78 is 5.05. The average molecular weight is 302 g/mol. The zero-order valence-electron chi connectivity index (χ0n) is 12.4. The number of nitrogens with zero attached hydrogens (tertiary/aromatic N) is 1. The third-order valence-electron chi connectivity index (χ3n) is 2.43. The van der Waals surface area contributed by atoms with Crippen LogP contribution in [-0.2, 0) is 4.74 Å². The Morgan fingerprint density at radius 2 is 2.00 bits per heavy atom. The molecule has 0 saturated carbocycles. The Morgan fingerprint density at radius 1 is 1.40 bits per heavy atom. The number of thiazole rings is 1. The molecule has 0 fully saturated rings. The summed E-state index contributed by atoms with van der Waals surface area (Å²) in [5.74, 6) is 0. The largest absolute Gasteiger partial charge is 0.444 e. The third-order valence-corrected chi connectivity index (χ3v) is 3.57. The lowest BCUT2D eigenvalue weighted by Gasteiger charge is -2.22. The monoisotopic (exact) mass is 302 g/mol. The van der Waals surface area contributed by atoms with Gasteiger partial charge in [-0.05, 0) is 34.6 Å². The highest BCUT2D eigenvalue weighted by Gasteiger charge is 2.24. The summed E-state index contributed by atoms with van der Waals surface area (Å²) in [6.07, 6.45) is -2.81. The molecule has 3 N–H and O–H groups in total. The van der Waals surface area contributed by atoms with Gasteiger partial charge in [0.05, 0.1) is 15.6 Å². The molecule has 1 rings (SSSR count). The van der Waals surface area contributed by atoms with Gasteiger partial charge >= 0.3 is 6.09 Å². The summed E-state index contributed by atoms with van der Waals surface area (Å²) in [5.41, 5.74) is 0.0928. The number of aryl methyl sites for hydroxylation is 2. The van der Waals surface area contributed by atoms with Crippen molar-refractivity contribution in [3.63, 3.8) is 0 Å². The number of hydrogen-bond donors (Lipinski definition) is 3. The molecule has 0 aliphatic heterocycles. The van der Waals surface area contributed by atoms with E-state index in [1.165, 1.54) is 11.3 Å². The van der Waals surface area contributed by atoms with E-state index in [9.17, 15) is 15.0 Å². The second kappa shape index (κ2) is 6.51. The lowest BCUT2D eigenvalue weighted by molar-refractivity contribution is 0.0143. The normalized spacial score (nSPS) is 14.8. The second-order valence-corrected chi connectivity index (χ2v) is 6.81. The number of nitrogens with one attached hydrogen (secondary N) is 1. The number of aliphatic hydroxyl groups excluding tert-OH is 2. The van der Waals surface area contributed by atoms with E-state index in [1.54, 1.807) is 27.7 Å². The maximum Gasteiger partial charge on any atom is 0.407 e. The van der Waals surface area contributed by atoms with E-state index in [-0.39, 0.29) is 6.54 Å². The van der Waals surface area contributed by atoms with Crippen LogP contribution in [0.3, 0.4) is 0 Å². The fraction of sp³-hybridized carbons (Fsp3) is 0.692. The van der Waals surface area contributed by atoms with Crippen molar-refractivity contribution in [3.8, 4) is 0 Å². The predicted molar refractivity (Wildman–Crippen MR) is 76.8 cm³/mol. The van der Waals surface area contributed by atoms with Crippen LogP contribution in [-0.4, -0.2) is 39.5 Å².